The first-order valence-corrected chi connectivity index (χ1v) is 8.24. The van der Waals surface area contributed by atoms with Crippen LogP contribution in [0.1, 0.15) is 30.7 Å². The molecule has 5 nitrogen and oxygen atoms in total. The van der Waals surface area contributed by atoms with Crippen molar-refractivity contribution in [1.82, 2.24) is 14.8 Å². The predicted molar refractivity (Wildman–Crippen MR) is 84.5 cm³/mol. The summed E-state index contributed by atoms with van der Waals surface area (Å²) >= 11 is 1.71. The monoisotopic (exact) mass is 304 g/mol. The van der Waals surface area contributed by atoms with Gasteiger partial charge in [0, 0.05) is 36.0 Å². The van der Waals surface area contributed by atoms with E-state index in [0.29, 0.717) is 0 Å². The van der Waals surface area contributed by atoms with Crippen LogP contribution in [0.5, 0.6) is 5.75 Å². The molecule has 2 aromatic rings. The molecule has 6 heteroatoms. The van der Waals surface area contributed by atoms with Crippen molar-refractivity contribution in [2.45, 2.75) is 43.1 Å². The third-order valence-corrected chi connectivity index (χ3v) is 4.76. The predicted octanol–water partition coefficient (Wildman–Crippen LogP) is 2.89. The van der Waals surface area contributed by atoms with Crippen molar-refractivity contribution in [2.75, 3.05) is 12.8 Å². The molecule has 0 unspecified atom stereocenters. The lowest BCUT2D eigenvalue weighted by Gasteiger charge is -2.10. The lowest BCUT2D eigenvalue weighted by atomic mass is 10.2. The standard InChI is InChI=1S/C15H20N4OS/c1-20-13-9-12(16)7-6-11(13)10-21-15-18-17-14-5-3-2-4-8-19(14)15/h6-7,9H,2-5,8,10,16H2,1H3. The number of thioether (sulfide) groups is 1. The van der Waals surface area contributed by atoms with Crippen molar-refractivity contribution in [3.63, 3.8) is 0 Å². The van der Waals surface area contributed by atoms with Gasteiger partial charge in [0.05, 0.1) is 7.11 Å². The van der Waals surface area contributed by atoms with E-state index in [4.69, 9.17) is 10.5 Å². The minimum absolute atomic E-state index is 0.719. The molecule has 3 rings (SSSR count). The summed E-state index contributed by atoms with van der Waals surface area (Å²) < 4.78 is 7.66. The Hall–Kier alpha value is -1.69. The lowest BCUT2D eigenvalue weighted by molar-refractivity contribution is 0.411. The van der Waals surface area contributed by atoms with Gasteiger partial charge >= 0.3 is 0 Å². The van der Waals surface area contributed by atoms with Crippen molar-refractivity contribution in [2.24, 2.45) is 0 Å². The fourth-order valence-corrected chi connectivity index (χ4v) is 3.56. The maximum absolute atomic E-state index is 5.79. The molecule has 21 heavy (non-hydrogen) atoms. The van der Waals surface area contributed by atoms with E-state index in [1.165, 1.54) is 19.3 Å². The maximum atomic E-state index is 5.79. The number of aromatic nitrogens is 3. The summed E-state index contributed by atoms with van der Waals surface area (Å²) in [5.74, 6) is 2.76. The summed E-state index contributed by atoms with van der Waals surface area (Å²) in [5.41, 5.74) is 7.64. The molecule has 0 saturated carbocycles. The van der Waals surface area contributed by atoms with E-state index in [2.05, 4.69) is 14.8 Å². The average molecular weight is 304 g/mol. The highest BCUT2D eigenvalue weighted by molar-refractivity contribution is 7.98. The van der Waals surface area contributed by atoms with Gasteiger partial charge in [0.1, 0.15) is 11.6 Å². The number of fused-ring (bicyclic) bond motifs is 1. The molecule has 1 aromatic heterocycles. The first-order chi connectivity index (χ1) is 10.3. The highest BCUT2D eigenvalue weighted by Crippen LogP contribution is 2.29. The Morgan fingerprint density at radius 2 is 2.19 bits per heavy atom. The molecular formula is C15H20N4OS. The number of aryl methyl sites for hydroxylation is 1. The van der Waals surface area contributed by atoms with Crippen LogP contribution in [0, 0.1) is 0 Å². The summed E-state index contributed by atoms with van der Waals surface area (Å²) in [6, 6.07) is 5.78. The molecule has 1 aromatic carbocycles. The number of methoxy groups -OCH3 is 1. The van der Waals surface area contributed by atoms with Gasteiger partial charge in [0.15, 0.2) is 5.16 Å². The van der Waals surface area contributed by atoms with E-state index in [-0.39, 0.29) is 0 Å². The highest BCUT2D eigenvalue weighted by Gasteiger charge is 2.15. The molecule has 0 fully saturated rings. The molecule has 2 heterocycles. The van der Waals surface area contributed by atoms with Gasteiger partial charge in [-0.3, -0.25) is 0 Å². The zero-order chi connectivity index (χ0) is 14.7. The number of nitrogens with two attached hydrogens (primary N) is 1. The molecule has 0 amide bonds. The Balaban J connectivity index is 1.75. The topological polar surface area (TPSA) is 66.0 Å². The third-order valence-electron chi connectivity index (χ3n) is 3.74. The average Bonchev–Trinajstić information content (AvgIpc) is 2.73. The second kappa shape index (κ2) is 6.39. The number of ether oxygens (including phenoxy) is 1. The van der Waals surface area contributed by atoms with Gasteiger partial charge in [-0.2, -0.15) is 0 Å². The summed E-state index contributed by atoms with van der Waals surface area (Å²) in [7, 11) is 1.67. The van der Waals surface area contributed by atoms with Crippen molar-refractivity contribution in [3.8, 4) is 5.75 Å². The van der Waals surface area contributed by atoms with E-state index in [1.807, 2.05) is 18.2 Å². The molecule has 0 aliphatic carbocycles. The molecule has 0 saturated heterocycles. The van der Waals surface area contributed by atoms with Crippen molar-refractivity contribution >= 4 is 17.4 Å². The van der Waals surface area contributed by atoms with Crippen LogP contribution in [-0.2, 0) is 18.7 Å². The van der Waals surface area contributed by atoms with E-state index >= 15 is 0 Å². The van der Waals surface area contributed by atoms with Crippen molar-refractivity contribution < 1.29 is 4.74 Å². The van der Waals surface area contributed by atoms with Crippen molar-refractivity contribution in [3.05, 3.63) is 29.6 Å². The Morgan fingerprint density at radius 1 is 1.29 bits per heavy atom. The number of hydrogen-bond donors (Lipinski definition) is 1. The maximum Gasteiger partial charge on any atom is 0.191 e. The second-order valence-electron chi connectivity index (χ2n) is 5.22. The summed E-state index contributed by atoms with van der Waals surface area (Å²) in [6.07, 6.45) is 4.75. The molecule has 1 aliphatic heterocycles. The molecule has 0 atom stereocenters. The summed E-state index contributed by atoms with van der Waals surface area (Å²) in [5, 5.41) is 9.67. The van der Waals surface area contributed by atoms with Gasteiger partial charge in [-0.15, -0.1) is 10.2 Å². The van der Waals surface area contributed by atoms with Crippen LogP contribution >= 0.6 is 11.8 Å². The quantitative estimate of drug-likeness (QED) is 0.695. The van der Waals surface area contributed by atoms with Crippen molar-refractivity contribution in [1.29, 1.82) is 0 Å². The van der Waals surface area contributed by atoms with Crippen LogP contribution in [0.25, 0.3) is 0 Å². The van der Waals surface area contributed by atoms with Crippen LogP contribution in [-0.4, -0.2) is 21.9 Å². The fourth-order valence-electron chi connectivity index (χ4n) is 2.59. The summed E-state index contributed by atoms with van der Waals surface area (Å²) in [4.78, 5) is 0. The van der Waals surface area contributed by atoms with E-state index in [1.54, 1.807) is 18.9 Å². The van der Waals surface area contributed by atoms with Gasteiger partial charge in [0.25, 0.3) is 0 Å². The number of benzene rings is 1. The molecule has 112 valence electrons. The summed E-state index contributed by atoms with van der Waals surface area (Å²) in [6.45, 7) is 1.03. The lowest BCUT2D eigenvalue weighted by Crippen LogP contribution is -2.02. The number of rotatable bonds is 4. The normalized spacial score (nSPS) is 14.5. The van der Waals surface area contributed by atoms with Crippen LogP contribution < -0.4 is 10.5 Å². The van der Waals surface area contributed by atoms with Gasteiger partial charge in [-0.1, -0.05) is 24.2 Å². The van der Waals surface area contributed by atoms with Crippen LogP contribution in [0.3, 0.4) is 0 Å². The van der Waals surface area contributed by atoms with Gasteiger partial charge in [-0.05, 0) is 18.9 Å². The van der Waals surface area contributed by atoms with Crippen LogP contribution in [0.15, 0.2) is 23.4 Å². The van der Waals surface area contributed by atoms with Gasteiger partial charge < -0.3 is 15.0 Å². The van der Waals surface area contributed by atoms with Gasteiger partial charge in [0.2, 0.25) is 0 Å². The SMILES string of the molecule is COc1cc(N)ccc1CSc1nnc2n1CCCCC2. The Labute approximate surface area is 128 Å². The van der Waals surface area contributed by atoms with Gasteiger partial charge in [-0.25, -0.2) is 0 Å². The number of anilines is 1. The largest absolute Gasteiger partial charge is 0.496 e. The first-order valence-electron chi connectivity index (χ1n) is 7.25. The minimum atomic E-state index is 0.719. The van der Waals surface area contributed by atoms with E-state index in [9.17, 15) is 0 Å². The smallest absolute Gasteiger partial charge is 0.191 e. The minimum Gasteiger partial charge on any atom is -0.496 e. The Bertz CT molecular complexity index is 626. The Kier molecular flexibility index (Phi) is 4.34. The zero-order valence-corrected chi connectivity index (χ0v) is 13.0. The van der Waals surface area contributed by atoms with Crippen LogP contribution in [0.4, 0.5) is 5.69 Å². The number of hydrogen-bond acceptors (Lipinski definition) is 5. The first kappa shape index (κ1) is 14.3. The van der Waals surface area contributed by atoms with Crippen LogP contribution in [0.2, 0.25) is 0 Å². The highest BCUT2D eigenvalue weighted by atomic mass is 32.2. The number of nitrogen functional groups attached to an aromatic ring is 1. The molecule has 1 aliphatic rings. The second-order valence-corrected chi connectivity index (χ2v) is 6.16. The molecular weight excluding hydrogens is 284 g/mol. The molecule has 0 radical (unpaired) electrons. The number of nitrogens with zero attached hydrogens (tertiary/aromatic N) is 3. The van der Waals surface area contributed by atoms with E-state index in [0.717, 1.165) is 46.7 Å². The Morgan fingerprint density at radius 3 is 3.05 bits per heavy atom. The molecule has 2 N–H and O–H groups in total. The zero-order valence-electron chi connectivity index (χ0n) is 12.2. The molecule has 0 spiro atoms. The molecule has 0 bridgehead atoms. The van der Waals surface area contributed by atoms with E-state index < -0.39 is 0 Å². The fraction of sp³-hybridized carbons (Fsp3) is 0.467. The third kappa shape index (κ3) is 3.15.